The summed E-state index contributed by atoms with van der Waals surface area (Å²) in [6.07, 6.45) is 2.75. The topological polar surface area (TPSA) is 52.0 Å². The summed E-state index contributed by atoms with van der Waals surface area (Å²) in [5, 5.41) is 11.9. The Morgan fingerprint density at radius 3 is 2.81 bits per heavy atom. The predicted molar refractivity (Wildman–Crippen MR) is 56.5 cm³/mol. The van der Waals surface area contributed by atoms with Crippen molar-refractivity contribution in [3.63, 3.8) is 0 Å². The van der Waals surface area contributed by atoms with Crippen LogP contribution in [0.15, 0.2) is 12.3 Å². The van der Waals surface area contributed by atoms with Crippen LogP contribution >= 0.6 is 0 Å². The lowest BCUT2D eigenvalue weighted by molar-refractivity contribution is 0.262. The molecule has 0 aliphatic carbocycles. The van der Waals surface area contributed by atoms with E-state index in [-0.39, 0.29) is 5.69 Å². The molecule has 2 fully saturated rings. The number of pyridine rings is 1. The maximum absolute atomic E-state index is 13.4. The highest BCUT2D eigenvalue weighted by Crippen LogP contribution is 2.34. The number of rotatable bonds is 1. The second kappa shape index (κ2) is 3.42. The second-order valence-electron chi connectivity index (χ2n) is 4.24. The van der Waals surface area contributed by atoms with Gasteiger partial charge in [-0.2, -0.15) is 5.26 Å². The number of nitrogens with zero attached hydrogens (tertiary/aromatic N) is 3. The molecule has 3 rings (SSSR count). The summed E-state index contributed by atoms with van der Waals surface area (Å²) in [6, 6.07) is 4.05. The minimum Gasteiger partial charge on any atom is -0.362 e. The first kappa shape index (κ1) is 9.55. The van der Waals surface area contributed by atoms with E-state index in [2.05, 4.69) is 15.2 Å². The van der Waals surface area contributed by atoms with Crippen molar-refractivity contribution >= 4 is 5.69 Å². The Labute approximate surface area is 92.7 Å². The van der Waals surface area contributed by atoms with Gasteiger partial charge >= 0.3 is 0 Å². The standard InChI is InChI=1S/C11H11FN4/c12-10-2-9(6-15-11(10)3-13)16-7-1-8(16)5-14-4-7/h2,6-8,14H,1,4-5H2. The first-order valence-electron chi connectivity index (χ1n) is 5.34. The number of fused-ring (bicyclic) bond motifs is 2. The lowest BCUT2D eigenvalue weighted by Gasteiger charge is -2.54. The smallest absolute Gasteiger partial charge is 0.176 e. The first-order chi connectivity index (χ1) is 7.79. The van der Waals surface area contributed by atoms with Crippen LogP contribution in [-0.4, -0.2) is 30.2 Å². The van der Waals surface area contributed by atoms with Crippen LogP contribution in [0.3, 0.4) is 0 Å². The highest BCUT2D eigenvalue weighted by atomic mass is 19.1. The van der Waals surface area contributed by atoms with Gasteiger partial charge in [0.2, 0.25) is 0 Å². The Hall–Kier alpha value is -1.67. The van der Waals surface area contributed by atoms with Crippen LogP contribution in [0.1, 0.15) is 12.1 Å². The van der Waals surface area contributed by atoms with E-state index in [9.17, 15) is 4.39 Å². The van der Waals surface area contributed by atoms with Crippen LogP contribution < -0.4 is 10.2 Å². The molecule has 2 aliphatic heterocycles. The van der Waals surface area contributed by atoms with Gasteiger partial charge in [-0.1, -0.05) is 0 Å². The number of nitrogens with one attached hydrogen (secondary N) is 1. The van der Waals surface area contributed by atoms with Crippen molar-refractivity contribution in [1.29, 1.82) is 5.26 Å². The molecule has 2 unspecified atom stereocenters. The molecule has 0 amide bonds. The van der Waals surface area contributed by atoms with Gasteiger partial charge in [0.25, 0.3) is 0 Å². The normalized spacial score (nSPS) is 27.1. The zero-order chi connectivity index (χ0) is 11.1. The zero-order valence-corrected chi connectivity index (χ0v) is 8.65. The molecule has 1 aromatic rings. The number of hydrogen-bond acceptors (Lipinski definition) is 4. The van der Waals surface area contributed by atoms with Crippen molar-refractivity contribution in [2.24, 2.45) is 0 Å². The van der Waals surface area contributed by atoms with Gasteiger partial charge in [0.1, 0.15) is 6.07 Å². The molecule has 16 heavy (non-hydrogen) atoms. The highest BCUT2D eigenvalue weighted by molar-refractivity contribution is 5.52. The summed E-state index contributed by atoms with van der Waals surface area (Å²) in [7, 11) is 0. The summed E-state index contributed by atoms with van der Waals surface area (Å²) in [5.74, 6) is -0.530. The van der Waals surface area contributed by atoms with Gasteiger partial charge in [0, 0.05) is 31.2 Å². The van der Waals surface area contributed by atoms with Crippen molar-refractivity contribution in [1.82, 2.24) is 10.3 Å². The van der Waals surface area contributed by atoms with Gasteiger partial charge in [-0.05, 0) is 6.42 Å². The van der Waals surface area contributed by atoms with Crippen LogP contribution in [0.5, 0.6) is 0 Å². The van der Waals surface area contributed by atoms with Gasteiger partial charge in [0.15, 0.2) is 11.5 Å². The molecule has 0 spiro atoms. The molecule has 2 atom stereocenters. The van der Waals surface area contributed by atoms with Crippen LogP contribution in [0.25, 0.3) is 0 Å². The van der Waals surface area contributed by atoms with Crippen molar-refractivity contribution in [3.05, 3.63) is 23.8 Å². The largest absolute Gasteiger partial charge is 0.362 e. The lowest BCUT2D eigenvalue weighted by atomic mass is 9.88. The molecule has 0 radical (unpaired) electrons. The molecule has 82 valence electrons. The fraction of sp³-hybridized carbons (Fsp3) is 0.455. The molecule has 0 saturated carbocycles. The van der Waals surface area contributed by atoms with Gasteiger partial charge in [-0.15, -0.1) is 0 Å². The third-order valence-corrected chi connectivity index (χ3v) is 3.32. The van der Waals surface area contributed by atoms with E-state index in [0.717, 1.165) is 25.2 Å². The van der Waals surface area contributed by atoms with Crippen molar-refractivity contribution in [2.75, 3.05) is 18.0 Å². The molecular formula is C11H11FN4. The molecule has 2 bridgehead atoms. The van der Waals surface area contributed by atoms with E-state index in [4.69, 9.17) is 5.26 Å². The molecule has 1 aromatic heterocycles. The Kier molecular flexibility index (Phi) is 2.04. The summed E-state index contributed by atoms with van der Waals surface area (Å²) in [4.78, 5) is 6.02. The quantitative estimate of drug-likeness (QED) is 0.751. The third kappa shape index (κ3) is 1.27. The average molecular weight is 218 g/mol. The summed E-state index contributed by atoms with van der Waals surface area (Å²) in [6.45, 7) is 1.89. The van der Waals surface area contributed by atoms with Crippen molar-refractivity contribution in [2.45, 2.75) is 18.5 Å². The van der Waals surface area contributed by atoms with Crippen LogP contribution in [-0.2, 0) is 0 Å². The second-order valence-corrected chi connectivity index (χ2v) is 4.24. The monoisotopic (exact) mass is 218 g/mol. The number of piperazine rings is 1. The minimum absolute atomic E-state index is 0.132. The molecule has 2 aliphatic rings. The summed E-state index contributed by atoms with van der Waals surface area (Å²) >= 11 is 0. The number of piperidine rings is 1. The van der Waals surface area contributed by atoms with Crippen molar-refractivity contribution in [3.8, 4) is 6.07 Å². The minimum atomic E-state index is -0.530. The molecule has 4 nitrogen and oxygen atoms in total. The summed E-state index contributed by atoms with van der Waals surface area (Å²) in [5.41, 5.74) is 0.659. The number of aromatic nitrogens is 1. The number of halogens is 1. The number of hydrogen-bond donors (Lipinski definition) is 1. The molecule has 0 aromatic carbocycles. The van der Waals surface area contributed by atoms with E-state index in [1.54, 1.807) is 12.3 Å². The molecule has 1 N–H and O–H groups in total. The SMILES string of the molecule is N#Cc1ncc(N2C3CNCC2C3)cc1F. The number of nitriles is 1. The third-order valence-electron chi connectivity index (χ3n) is 3.32. The summed E-state index contributed by atoms with van der Waals surface area (Å²) < 4.78 is 13.4. The number of anilines is 1. The van der Waals surface area contributed by atoms with E-state index < -0.39 is 5.82 Å². The van der Waals surface area contributed by atoms with E-state index in [1.165, 1.54) is 6.07 Å². The van der Waals surface area contributed by atoms with Crippen LogP contribution in [0.2, 0.25) is 0 Å². The molecule has 3 heterocycles. The highest BCUT2D eigenvalue weighted by Gasteiger charge is 2.41. The maximum Gasteiger partial charge on any atom is 0.176 e. The average Bonchev–Trinajstić information content (AvgIpc) is 2.30. The fourth-order valence-electron chi connectivity index (χ4n) is 2.55. The molecule has 5 heteroatoms. The first-order valence-corrected chi connectivity index (χ1v) is 5.34. The molecule has 2 saturated heterocycles. The molecular weight excluding hydrogens is 207 g/mol. The van der Waals surface area contributed by atoms with Crippen molar-refractivity contribution < 1.29 is 4.39 Å². The van der Waals surface area contributed by atoms with E-state index in [0.29, 0.717) is 12.1 Å². The van der Waals surface area contributed by atoms with Gasteiger partial charge < -0.3 is 10.2 Å². The van der Waals surface area contributed by atoms with Crippen LogP contribution in [0.4, 0.5) is 10.1 Å². The van der Waals surface area contributed by atoms with Crippen LogP contribution in [0, 0.1) is 17.1 Å². The Morgan fingerprint density at radius 2 is 2.25 bits per heavy atom. The fourth-order valence-corrected chi connectivity index (χ4v) is 2.55. The predicted octanol–water partition coefficient (Wildman–Crippen LogP) is 0.643. The Balaban J connectivity index is 1.91. The van der Waals surface area contributed by atoms with Gasteiger partial charge in [-0.3, -0.25) is 0 Å². The van der Waals surface area contributed by atoms with Gasteiger partial charge in [-0.25, -0.2) is 9.37 Å². The van der Waals surface area contributed by atoms with E-state index >= 15 is 0 Å². The maximum atomic E-state index is 13.4. The van der Waals surface area contributed by atoms with Gasteiger partial charge in [0.05, 0.1) is 11.9 Å². The zero-order valence-electron chi connectivity index (χ0n) is 8.65. The van der Waals surface area contributed by atoms with E-state index in [1.807, 2.05) is 0 Å². The lowest BCUT2D eigenvalue weighted by Crippen LogP contribution is -2.68. The Morgan fingerprint density at radius 1 is 1.50 bits per heavy atom. The Bertz CT molecular complexity index is 454.